The quantitative estimate of drug-likeness (QED) is 0.806. The van der Waals surface area contributed by atoms with Crippen LogP contribution in [0.2, 0.25) is 0 Å². The van der Waals surface area contributed by atoms with E-state index >= 15 is 0 Å². The fourth-order valence-electron chi connectivity index (χ4n) is 1.61. The van der Waals surface area contributed by atoms with E-state index in [0.717, 1.165) is 11.5 Å². The van der Waals surface area contributed by atoms with E-state index in [2.05, 4.69) is 42.3 Å². The van der Waals surface area contributed by atoms with Gasteiger partial charge in [-0.3, -0.25) is 0 Å². The van der Waals surface area contributed by atoms with Crippen LogP contribution >= 0.6 is 0 Å². The van der Waals surface area contributed by atoms with E-state index in [1.54, 1.807) is 12.3 Å². The molecule has 3 heteroatoms. The van der Waals surface area contributed by atoms with Gasteiger partial charge >= 0.3 is 0 Å². The van der Waals surface area contributed by atoms with E-state index in [9.17, 15) is 0 Å². The van der Waals surface area contributed by atoms with Crippen molar-refractivity contribution in [2.45, 2.75) is 13.8 Å². The van der Waals surface area contributed by atoms with Gasteiger partial charge in [0.05, 0.1) is 0 Å². The minimum absolute atomic E-state index is 0.710. The summed E-state index contributed by atoms with van der Waals surface area (Å²) in [5.74, 6) is 0.770. The molecule has 0 radical (unpaired) electrons. The van der Waals surface area contributed by atoms with Crippen molar-refractivity contribution in [1.82, 2.24) is 4.98 Å². The lowest BCUT2D eigenvalue weighted by atomic mass is 10.1. The number of hydrogen-bond acceptors (Lipinski definition) is 3. The predicted molar refractivity (Wildman–Crippen MR) is 67.8 cm³/mol. The molecule has 0 saturated heterocycles. The lowest BCUT2D eigenvalue weighted by Gasteiger charge is -2.09. The molecule has 0 atom stereocenters. The van der Waals surface area contributed by atoms with Crippen molar-refractivity contribution in [3.8, 4) is 0 Å². The summed E-state index contributed by atoms with van der Waals surface area (Å²) in [6.45, 7) is 4.15. The molecule has 16 heavy (non-hydrogen) atoms. The molecule has 0 aliphatic rings. The number of nitrogens with zero attached hydrogens (tertiary/aromatic N) is 1. The summed E-state index contributed by atoms with van der Waals surface area (Å²) in [6, 6.07) is 9.85. The zero-order valence-corrected chi connectivity index (χ0v) is 9.49. The van der Waals surface area contributed by atoms with Gasteiger partial charge in [0.15, 0.2) is 0 Å². The molecule has 1 aromatic heterocycles. The summed E-state index contributed by atoms with van der Waals surface area (Å²) in [5.41, 5.74) is 9.92. The third-order valence-electron chi connectivity index (χ3n) is 2.43. The van der Waals surface area contributed by atoms with Gasteiger partial charge in [0.2, 0.25) is 0 Å². The van der Waals surface area contributed by atoms with Crippen LogP contribution in [0.5, 0.6) is 0 Å². The maximum atomic E-state index is 5.69. The Balaban J connectivity index is 2.27. The Labute approximate surface area is 95.3 Å². The first-order chi connectivity index (χ1) is 7.65. The van der Waals surface area contributed by atoms with Gasteiger partial charge in [-0.2, -0.15) is 0 Å². The first kappa shape index (κ1) is 10.5. The van der Waals surface area contributed by atoms with E-state index < -0.39 is 0 Å². The van der Waals surface area contributed by atoms with Crippen molar-refractivity contribution in [3.05, 3.63) is 47.7 Å². The Bertz CT molecular complexity index is 506. The van der Waals surface area contributed by atoms with Crippen molar-refractivity contribution in [1.29, 1.82) is 0 Å². The molecule has 0 aliphatic heterocycles. The number of rotatable bonds is 2. The van der Waals surface area contributed by atoms with Gasteiger partial charge < -0.3 is 11.1 Å². The van der Waals surface area contributed by atoms with Gasteiger partial charge in [-0.25, -0.2) is 4.98 Å². The molecular formula is C13H15N3. The van der Waals surface area contributed by atoms with E-state index in [1.165, 1.54) is 11.1 Å². The summed E-state index contributed by atoms with van der Waals surface area (Å²) in [4.78, 5) is 4.21. The molecule has 3 N–H and O–H groups in total. The summed E-state index contributed by atoms with van der Waals surface area (Å²) in [5, 5.41) is 3.25. The summed E-state index contributed by atoms with van der Waals surface area (Å²) < 4.78 is 0. The van der Waals surface area contributed by atoms with Gasteiger partial charge in [-0.15, -0.1) is 0 Å². The van der Waals surface area contributed by atoms with Gasteiger partial charge in [0.25, 0.3) is 0 Å². The monoisotopic (exact) mass is 213 g/mol. The number of aryl methyl sites for hydroxylation is 2. The topological polar surface area (TPSA) is 50.9 Å². The van der Waals surface area contributed by atoms with Crippen LogP contribution < -0.4 is 11.1 Å². The maximum Gasteiger partial charge on any atom is 0.132 e. The Morgan fingerprint density at radius 3 is 2.62 bits per heavy atom. The minimum Gasteiger partial charge on any atom is -0.399 e. The van der Waals surface area contributed by atoms with Crippen LogP contribution in [0.4, 0.5) is 17.2 Å². The largest absolute Gasteiger partial charge is 0.399 e. The maximum absolute atomic E-state index is 5.69. The molecule has 1 heterocycles. The van der Waals surface area contributed by atoms with Gasteiger partial charge in [0.1, 0.15) is 5.82 Å². The molecule has 0 spiro atoms. The average Bonchev–Trinajstić information content (AvgIpc) is 2.22. The van der Waals surface area contributed by atoms with Gasteiger partial charge in [-0.05, 0) is 31.5 Å². The molecule has 3 nitrogen and oxygen atoms in total. The molecule has 0 aliphatic carbocycles. The standard InChI is InChI=1S/C13H15N3/c1-9-3-4-12(10(2)7-9)16-13-8-11(14)5-6-15-13/h3-8H,1-2H3,(H3,14,15,16). The lowest BCUT2D eigenvalue weighted by Crippen LogP contribution is -1.97. The molecule has 0 fully saturated rings. The number of aromatic nitrogens is 1. The normalized spacial score (nSPS) is 10.1. The van der Waals surface area contributed by atoms with Crippen LogP contribution in [0.1, 0.15) is 11.1 Å². The van der Waals surface area contributed by atoms with Crippen molar-refractivity contribution < 1.29 is 0 Å². The third kappa shape index (κ3) is 2.31. The summed E-state index contributed by atoms with van der Waals surface area (Å²) >= 11 is 0. The summed E-state index contributed by atoms with van der Waals surface area (Å²) in [6.07, 6.45) is 1.70. The van der Waals surface area contributed by atoms with E-state index in [4.69, 9.17) is 5.73 Å². The second-order valence-corrected chi connectivity index (χ2v) is 3.92. The Morgan fingerprint density at radius 1 is 1.12 bits per heavy atom. The number of nitrogens with one attached hydrogen (secondary N) is 1. The molecule has 0 saturated carbocycles. The molecule has 0 unspecified atom stereocenters. The highest BCUT2D eigenvalue weighted by atomic mass is 15.0. The fraction of sp³-hybridized carbons (Fsp3) is 0.154. The second-order valence-electron chi connectivity index (χ2n) is 3.92. The van der Waals surface area contributed by atoms with Crippen molar-refractivity contribution >= 4 is 17.2 Å². The molecule has 2 aromatic rings. The van der Waals surface area contributed by atoms with Crippen LogP contribution in [-0.4, -0.2) is 4.98 Å². The summed E-state index contributed by atoms with van der Waals surface area (Å²) in [7, 11) is 0. The molecule has 0 bridgehead atoms. The van der Waals surface area contributed by atoms with E-state index in [-0.39, 0.29) is 0 Å². The Kier molecular flexibility index (Phi) is 2.77. The highest BCUT2D eigenvalue weighted by Gasteiger charge is 2.00. The van der Waals surface area contributed by atoms with Crippen LogP contribution in [0.15, 0.2) is 36.5 Å². The lowest BCUT2D eigenvalue weighted by molar-refractivity contribution is 1.29. The van der Waals surface area contributed by atoms with Crippen molar-refractivity contribution in [2.24, 2.45) is 0 Å². The second kappa shape index (κ2) is 4.23. The highest BCUT2D eigenvalue weighted by molar-refractivity contribution is 5.63. The number of anilines is 3. The van der Waals surface area contributed by atoms with Gasteiger partial charge in [0, 0.05) is 23.6 Å². The molecule has 0 amide bonds. The first-order valence-electron chi connectivity index (χ1n) is 5.21. The Morgan fingerprint density at radius 2 is 1.94 bits per heavy atom. The molecule has 1 aromatic carbocycles. The van der Waals surface area contributed by atoms with Crippen LogP contribution in [0.3, 0.4) is 0 Å². The van der Waals surface area contributed by atoms with E-state index in [0.29, 0.717) is 5.69 Å². The SMILES string of the molecule is Cc1ccc(Nc2cc(N)ccn2)c(C)c1. The third-order valence-corrected chi connectivity index (χ3v) is 2.43. The molecule has 82 valence electrons. The minimum atomic E-state index is 0.710. The average molecular weight is 213 g/mol. The van der Waals surface area contributed by atoms with Crippen molar-refractivity contribution in [2.75, 3.05) is 11.1 Å². The first-order valence-corrected chi connectivity index (χ1v) is 5.21. The number of nitrogens with two attached hydrogens (primary N) is 1. The number of nitrogen functional groups attached to an aromatic ring is 1. The number of pyridine rings is 1. The smallest absolute Gasteiger partial charge is 0.132 e. The molecule has 2 rings (SSSR count). The highest BCUT2D eigenvalue weighted by Crippen LogP contribution is 2.20. The van der Waals surface area contributed by atoms with Crippen LogP contribution in [0.25, 0.3) is 0 Å². The molecular weight excluding hydrogens is 198 g/mol. The Hall–Kier alpha value is -2.03. The number of hydrogen-bond donors (Lipinski definition) is 2. The van der Waals surface area contributed by atoms with Crippen LogP contribution in [-0.2, 0) is 0 Å². The zero-order valence-electron chi connectivity index (χ0n) is 9.49. The number of benzene rings is 1. The fourth-order valence-corrected chi connectivity index (χ4v) is 1.61. The van der Waals surface area contributed by atoms with Crippen LogP contribution in [0, 0.1) is 13.8 Å². The predicted octanol–water partition coefficient (Wildman–Crippen LogP) is 3.02. The van der Waals surface area contributed by atoms with Gasteiger partial charge in [-0.1, -0.05) is 17.7 Å². The zero-order chi connectivity index (χ0) is 11.5. The van der Waals surface area contributed by atoms with Crippen molar-refractivity contribution in [3.63, 3.8) is 0 Å². The van der Waals surface area contributed by atoms with E-state index in [1.807, 2.05) is 6.07 Å².